The van der Waals surface area contributed by atoms with Crippen LogP contribution in [-0.4, -0.2) is 27.2 Å². The van der Waals surface area contributed by atoms with Gasteiger partial charge in [0.15, 0.2) is 6.23 Å². The molecule has 2 aromatic rings. The average molecular weight is 294 g/mol. The molecule has 1 atom stereocenters. The molecule has 0 fully saturated rings. The third kappa shape index (κ3) is 3.02. The number of carbonyl (C=O) groups is 1. The number of nitrogens with zero attached hydrogens (tertiary/aromatic N) is 2. The van der Waals surface area contributed by atoms with Crippen molar-refractivity contribution < 1.29 is 9.90 Å². The molecule has 0 aromatic carbocycles. The first-order valence-corrected chi connectivity index (χ1v) is 6.72. The standard InChI is InChI=1S/C16H14N4O2/c21-15(12-2-1-5-18-9-12)20-14-8-13(10-19-16(14)22)11-3-6-17-7-4-11/h1-10,16,19,22H,(H,20,21)/t16-/m0/s1. The summed E-state index contributed by atoms with van der Waals surface area (Å²) in [5.41, 5.74) is 2.58. The van der Waals surface area contributed by atoms with Crippen molar-refractivity contribution in [3.8, 4) is 0 Å². The highest BCUT2D eigenvalue weighted by molar-refractivity contribution is 5.95. The summed E-state index contributed by atoms with van der Waals surface area (Å²) in [5, 5.41) is 15.5. The molecular weight excluding hydrogens is 280 g/mol. The molecule has 22 heavy (non-hydrogen) atoms. The monoisotopic (exact) mass is 294 g/mol. The van der Waals surface area contributed by atoms with Crippen LogP contribution in [0, 0.1) is 0 Å². The van der Waals surface area contributed by atoms with E-state index in [-0.39, 0.29) is 5.91 Å². The molecule has 1 aliphatic heterocycles. The minimum absolute atomic E-state index is 0.323. The predicted molar refractivity (Wildman–Crippen MR) is 81.1 cm³/mol. The van der Waals surface area contributed by atoms with Crippen molar-refractivity contribution in [1.82, 2.24) is 20.6 Å². The van der Waals surface area contributed by atoms with Crippen LogP contribution in [0.4, 0.5) is 0 Å². The van der Waals surface area contributed by atoms with E-state index in [0.29, 0.717) is 11.3 Å². The molecule has 0 aliphatic carbocycles. The number of aliphatic hydroxyl groups is 1. The van der Waals surface area contributed by atoms with E-state index in [1.165, 1.54) is 6.20 Å². The van der Waals surface area contributed by atoms with Gasteiger partial charge in [0.25, 0.3) is 5.91 Å². The van der Waals surface area contributed by atoms with Gasteiger partial charge in [0, 0.05) is 31.0 Å². The topological polar surface area (TPSA) is 87.1 Å². The Morgan fingerprint density at radius 3 is 2.73 bits per heavy atom. The summed E-state index contributed by atoms with van der Waals surface area (Å²) in [5.74, 6) is -0.323. The van der Waals surface area contributed by atoms with Crippen LogP contribution >= 0.6 is 0 Å². The van der Waals surface area contributed by atoms with Gasteiger partial charge in [0.2, 0.25) is 0 Å². The summed E-state index contributed by atoms with van der Waals surface area (Å²) in [7, 11) is 0. The number of hydrogen-bond donors (Lipinski definition) is 3. The van der Waals surface area contributed by atoms with Crippen molar-refractivity contribution in [2.75, 3.05) is 0 Å². The highest BCUT2D eigenvalue weighted by atomic mass is 16.3. The summed E-state index contributed by atoms with van der Waals surface area (Å²) in [6.45, 7) is 0. The molecule has 3 heterocycles. The first kappa shape index (κ1) is 14.0. The third-order valence-corrected chi connectivity index (χ3v) is 3.20. The largest absolute Gasteiger partial charge is 0.368 e. The number of rotatable bonds is 3. The second kappa shape index (κ2) is 6.19. The number of aliphatic hydroxyl groups excluding tert-OH is 1. The van der Waals surface area contributed by atoms with Gasteiger partial charge in [0.1, 0.15) is 0 Å². The smallest absolute Gasteiger partial charge is 0.257 e. The van der Waals surface area contributed by atoms with Gasteiger partial charge in [-0.1, -0.05) is 0 Å². The van der Waals surface area contributed by atoms with E-state index in [2.05, 4.69) is 20.6 Å². The maximum atomic E-state index is 12.1. The number of hydrogen-bond acceptors (Lipinski definition) is 5. The summed E-state index contributed by atoms with van der Waals surface area (Å²) in [6, 6.07) is 7.04. The summed E-state index contributed by atoms with van der Waals surface area (Å²) in [6.07, 6.45) is 8.89. The van der Waals surface area contributed by atoms with Crippen molar-refractivity contribution in [3.05, 3.63) is 78.2 Å². The van der Waals surface area contributed by atoms with Crippen LogP contribution in [0.2, 0.25) is 0 Å². The van der Waals surface area contributed by atoms with E-state index in [0.717, 1.165) is 11.1 Å². The van der Waals surface area contributed by atoms with Crippen molar-refractivity contribution in [1.29, 1.82) is 0 Å². The molecule has 0 saturated carbocycles. The lowest BCUT2D eigenvalue weighted by Crippen LogP contribution is -2.38. The number of nitrogens with one attached hydrogen (secondary N) is 2. The Morgan fingerprint density at radius 2 is 2.00 bits per heavy atom. The fourth-order valence-electron chi connectivity index (χ4n) is 2.06. The number of allylic oxidation sites excluding steroid dienone is 2. The predicted octanol–water partition coefficient (Wildman–Crippen LogP) is 1.05. The first-order chi connectivity index (χ1) is 10.7. The number of carbonyl (C=O) groups excluding carboxylic acids is 1. The number of aromatic nitrogens is 2. The van der Waals surface area contributed by atoms with E-state index in [9.17, 15) is 9.90 Å². The van der Waals surface area contributed by atoms with Crippen LogP contribution in [0.25, 0.3) is 5.57 Å². The molecule has 0 bridgehead atoms. The van der Waals surface area contributed by atoms with Gasteiger partial charge in [-0.3, -0.25) is 14.8 Å². The molecule has 0 radical (unpaired) electrons. The van der Waals surface area contributed by atoms with Gasteiger partial charge < -0.3 is 15.7 Å². The zero-order chi connectivity index (χ0) is 15.4. The van der Waals surface area contributed by atoms with Crippen LogP contribution in [0.1, 0.15) is 15.9 Å². The van der Waals surface area contributed by atoms with Crippen LogP contribution in [0.15, 0.2) is 67.0 Å². The lowest BCUT2D eigenvalue weighted by atomic mass is 10.0. The van der Waals surface area contributed by atoms with Crippen LogP contribution in [0.3, 0.4) is 0 Å². The van der Waals surface area contributed by atoms with E-state index < -0.39 is 6.23 Å². The number of dihydropyridines is 1. The lowest BCUT2D eigenvalue weighted by molar-refractivity contribution is 0.0941. The fourth-order valence-corrected chi connectivity index (χ4v) is 2.06. The highest BCUT2D eigenvalue weighted by Crippen LogP contribution is 2.19. The molecule has 6 heteroatoms. The maximum Gasteiger partial charge on any atom is 0.257 e. The third-order valence-electron chi connectivity index (χ3n) is 3.20. The molecule has 0 unspecified atom stereocenters. The zero-order valence-electron chi connectivity index (χ0n) is 11.6. The van der Waals surface area contributed by atoms with E-state index in [1.807, 2.05) is 12.1 Å². The first-order valence-electron chi connectivity index (χ1n) is 6.72. The van der Waals surface area contributed by atoms with Gasteiger partial charge in [-0.05, 0) is 41.5 Å². The molecule has 110 valence electrons. The van der Waals surface area contributed by atoms with Gasteiger partial charge in [-0.15, -0.1) is 0 Å². The summed E-state index contributed by atoms with van der Waals surface area (Å²) < 4.78 is 0. The van der Waals surface area contributed by atoms with Crippen LogP contribution in [0.5, 0.6) is 0 Å². The van der Waals surface area contributed by atoms with Gasteiger partial charge >= 0.3 is 0 Å². The minimum Gasteiger partial charge on any atom is -0.368 e. The molecule has 3 rings (SSSR count). The van der Waals surface area contributed by atoms with Crippen molar-refractivity contribution >= 4 is 11.5 Å². The second-order valence-electron chi connectivity index (χ2n) is 4.70. The molecule has 3 N–H and O–H groups in total. The van der Waals surface area contributed by atoms with E-state index in [1.54, 1.807) is 43.0 Å². The quantitative estimate of drug-likeness (QED) is 0.787. The Kier molecular flexibility index (Phi) is 3.93. The fraction of sp³-hybridized carbons (Fsp3) is 0.0625. The molecule has 1 aliphatic rings. The second-order valence-corrected chi connectivity index (χ2v) is 4.70. The molecule has 6 nitrogen and oxygen atoms in total. The van der Waals surface area contributed by atoms with Crippen LogP contribution < -0.4 is 10.6 Å². The highest BCUT2D eigenvalue weighted by Gasteiger charge is 2.18. The Morgan fingerprint density at radius 1 is 1.18 bits per heavy atom. The van der Waals surface area contributed by atoms with Crippen LogP contribution in [-0.2, 0) is 0 Å². The number of amides is 1. The zero-order valence-corrected chi connectivity index (χ0v) is 11.6. The van der Waals surface area contributed by atoms with Gasteiger partial charge in [-0.2, -0.15) is 0 Å². The summed E-state index contributed by atoms with van der Waals surface area (Å²) in [4.78, 5) is 20.0. The van der Waals surface area contributed by atoms with E-state index in [4.69, 9.17) is 0 Å². The molecule has 0 spiro atoms. The minimum atomic E-state index is -0.966. The normalized spacial score (nSPS) is 17.0. The molecule has 2 aromatic heterocycles. The molecule has 0 saturated heterocycles. The maximum absolute atomic E-state index is 12.1. The SMILES string of the molecule is O=C(NC1=CC(c2ccncc2)=CN[C@H]1O)c1cccnc1. The van der Waals surface area contributed by atoms with Gasteiger partial charge in [0.05, 0.1) is 11.3 Å². The van der Waals surface area contributed by atoms with Crippen molar-refractivity contribution in [2.45, 2.75) is 6.23 Å². The molecular formula is C16H14N4O2. The Hall–Kier alpha value is -2.99. The van der Waals surface area contributed by atoms with Crippen molar-refractivity contribution in [2.24, 2.45) is 0 Å². The summed E-state index contributed by atoms with van der Waals surface area (Å²) >= 11 is 0. The lowest BCUT2D eigenvalue weighted by Gasteiger charge is -2.22. The van der Waals surface area contributed by atoms with Crippen molar-refractivity contribution in [3.63, 3.8) is 0 Å². The number of pyridine rings is 2. The van der Waals surface area contributed by atoms with E-state index >= 15 is 0 Å². The Bertz CT molecular complexity index is 726. The molecule has 1 amide bonds. The average Bonchev–Trinajstić information content (AvgIpc) is 2.58. The Labute approximate surface area is 127 Å². The van der Waals surface area contributed by atoms with Gasteiger partial charge in [-0.25, -0.2) is 0 Å². The Balaban J connectivity index is 1.81.